The van der Waals surface area contributed by atoms with E-state index in [1.807, 2.05) is 45.9 Å². The molecule has 2 aromatic rings. The lowest BCUT2D eigenvalue weighted by molar-refractivity contribution is -0.149. The molecule has 1 N–H and O–H groups in total. The number of esters is 1. The van der Waals surface area contributed by atoms with Crippen molar-refractivity contribution in [1.29, 1.82) is 0 Å². The molecule has 2 atom stereocenters. The van der Waals surface area contributed by atoms with Gasteiger partial charge >= 0.3 is 5.97 Å². The van der Waals surface area contributed by atoms with Crippen molar-refractivity contribution in [2.75, 3.05) is 0 Å². The zero-order valence-corrected chi connectivity index (χ0v) is 17.6. The standard InChI is InChI=1S/C22H27N3O5/c1-14(2)29-18-11-10-17(12-19(18)30-15(3)4)21(26)20(24-25-23)22(27)28-13-16-8-6-5-7-9-16/h5-12,14-15,20-21,26H,13H2,1-4H3. The van der Waals surface area contributed by atoms with Gasteiger partial charge in [0.15, 0.2) is 17.5 Å². The highest BCUT2D eigenvalue weighted by Gasteiger charge is 2.29. The molecule has 0 aliphatic rings. The summed E-state index contributed by atoms with van der Waals surface area (Å²) in [5.41, 5.74) is 10.0. The molecule has 0 aliphatic heterocycles. The number of azide groups is 1. The maximum atomic E-state index is 12.5. The van der Waals surface area contributed by atoms with E-state index >= 15 is 0 Å². The van der Waals surface area contributed by atoms with Crippen LogP contribution in [0.3, 0.4) is 0 Å². The molecule has 0 fully saturated rings. The molecule has 0 bridgehead atoms. The van der Waals surface area contributed by atoms with Gasteiger partial charge in [-0.2, -0.15) is 0 Å². The Balaban J connectivity index is 2.23. The molecule has 2 rings (SSSR count). The van der Waals surface area contributed by atoms with Gasteiger partial charge in [0, 0.05) is 4.91 Å². The average molecular weight is 413 g/mol. The van der Waals surface area contributed by atoms with Crippen molar-refractivity contribution in [2.24, 2.45) is 5.11 Å². The average Bonchev–Trinajstić information content (AvgIpc) is 2.71. The molecular weight excluding hydrogens is 386 g/mol. The Morgan fingerprint density at radius 3 is 2.27 bits per heavy atom. The number of nitrogens with zero attached hydrogens (tertiary/aromatic N) is 3. The number of aliphatic hydroxyl groups is 1. The van der Waals surface area contributed by atoms with Crippen molar-refractivity contribution >= 4 is 5.97 Å². The SMILES string of the molecule is CC(C)Oc1ccc(C(O)C(N=[N+]=[N-])C(=O)OCc2ccccc2)cc1OC(C)C. The predicted octanol–water partition coefficient (Wildman–Crippen LogP) is 4.72. The molecule has 0 radical (unpaired) electrons. The number of carbonyl (C=O) groups excluding carboxylic acids is 1. The van der Waals surface area contributed by atoms with Gasteiger partial charge in [0.25, 0.3) is 0 Å². The minimum atomic E-state index is -1.44. The molecule has 0 amide bonds. The molecule has 2 unspecified atom stereocenters. The van der Waals surface area contributed by atoms with Crippen LogP contribution in [0.25, 0.3) is 10.4 Å². The maximum absolute atomic E-state index is 12.5. The quantitative estimate of drug-likeness (QED) is 0.262. The van der Waals surface area contributed by atoms with Gasteiger partial charge in [-0.1, -0.05) is 41.5 Å². The van der Waals surface area contributed by atoms with E-state index < -0.39 is 18.1 Å². The highest BCUT2D eigenvalue weighted by atomic mass is 16.5. The van der Waals surface area contributed by atoms with E-state index in [1.165, 1.54) is 0 Å². The summed E-state index contributed by atoms with van der Waals surface area (Å²) in [6.45, 7) is 7.52. The molecule has 0 saturated heterocycles. The summed E-state index contributed by atoms with van der Waals surface area (Å²) in [4.78, 5) is 15.2. The van der Waals surface area contributed by atoms with Crippen molar-refractivity contribution in [1.82, 2.24) is 0 Å². The lowest BCUT2D eigenvalue weighted by atomic mass is 10.0. The lowest BCUT2D eigenvalue weighted by Gasteiger charge is -2.21. The largest absolute Gasteiger partial charge is 0.487 e. The molecule has 2 aromatic carbocycles. The maximum Gasteiger partial charge on any atom is 0.318 e. The van der Waals surface area contributed by atoms with Gasteiger partial charge in [-0.3, -0.25) is 4.79 Å². The Hall–Kier alpha value is -3.22. The Bertz CT molecular complexity index is 880. The van der Waals surface area contributed by atoms with E-state index in [9.17, 15) is 9.90 Å². The van der Waals surface area contributed by atoms with Crippen LogP contribution in [0, 0.1) is 0 Å². The van der Waals surface area contributed by atoms with Crippen LogP contribution >= 0.6 is 0 Å². The number of hydrogen-bond acceptors (Lipinski definition) is 6. The van der Waals surface area contributed by atoms with Crippen LogP contribution in [0.2, 0.25) is 0 Å². The highest BCUT2D eigenvalue weighted by molar-refractivity contribution is 5.77. The first kappa shape index (κ1) is 23.1. The smallest absolute Gasteiger partial charge is 0.318 e. The molecule has 0 saturated carbocycles. The summed E-state index contributed by atoms with van der Waals surface area (Å²) in [6.07, 6.45) is -1.61. The van der Waals surface area contributed by atoms with Crippen LogP contribution in [-0.4, -0.2) is 29.3 Å². The van der Waals surface area contributed by atoms with Gasteiger partial charge < -0.3 is 19.3 Å². The second-order valence-corrected chi connectivity index (χ2v) is 7.23. The first-order valence-corrected chi connectivity index (χ1v) is 9.72. The number of carbonyl (C=O) groups is 1. The monoisotopic (exact) mass is 413 g/mol. The predicted molar refractivity (Wildman–Crippen MR) is 112 cm³/mol. The van der Waals surface area contributed by atoms with Crippen molar-refractivity contribution in [2.45, 2.75) is 58.7 Å². The van der Waals surface area contributed by atoms with Crippen LogP contribution in [0.15, 0.2) is 53.6 Å². The summed E-state index contributed by atoms with van der Waals surface area (Å²) >= 11 is 0. The summed E-state index contributed by atoms with van der Waals surface area (Å²) in [5.74, 6) is 0.118. The van der Waals surface area contributed by atoms with Gasteiger partial charge in [-0.15, -0.1) is 0 Å². The van der Waals surface area contributed by atoms with Crippen molar-refractivity contribution < 1.29 is 24.1 Å². The number of benzene rings is 2. The molecule has 160 valence electrons. The minimum Gasteiger partial charge on any atom is -0.487 e. The fraction of sp³-hybridized carbons (Fsp3) is 0.409. The summed E-state index contributed by atoms with van der Waals surface area (Å²) in [7, 11) is 0. The molecule has 0 spiro atoms. The second kappa shape index (κ2) is 11.1. The fourth-order valence-corrected chi connectivity index (χ4v) is 2.70. The van der Waals surface area contributed by atoms with Crippen LogP contribution in [0.5, 0.6) is 11.5 Å². The van der Waals surface area contributed by atoms with Crippen molar-refractivity contribution in [3.05, 3.63) is 70.1 Å². The molecule has 0 aromatic heterocycles. The third-order valence-electron chi connectivity index (χ3n) is 3.98. The van der Waals surface area contributed by atoms with Gasteiger partial charge in [-0.05, 0) is 56.5 Å². The fourth-order valence-electron chi connectivity index (χ4n) is 2.70. The normalized spacial score (nSPS) is 12.8. The summed E-state index contributed by atoms with van der Waals surface area (Å²) < 4.78 is 16.8. The Morgan fingerprint density at radius 1 is 1.03 bits per heavy atom. The lowest BCUT2D eigenvalue weighted by Crippen LogP contribution is -2.28. The molecule has 8 nitrogen and oxygen atoms in total. The zero-order valence-electron chi connectivity index (χ0n) is 17.6. The number of rotatable bonds is 10. The van der Waals surface area contributed by atoms with E-state index in [2.05, 4.69) is 10.0 Å². The van der Waals surface area contributed by atoms with Crippen LogP contribution in [-0.2, 0) is 16.1 Å². The molecular formula is C22H27N3O5. The number of hydrogen-bond donors (Lipinski definition) is 1. The van der Waals surface area contributed by atoms with Crippen molar-refractivity contribution in [3.8, 4) is 11.5 Å². The third kappa shape index (κ3) is 6.69. The first-order chi connectivity index (χ1) is 14.3. The van der Waals surface area contributed by atoms with E-state index in [1.54, 1.807) is 30.3 Å². The van der Waals surface area contributed by atoms with E-state index in [0.717, 1.165) is 5.56 Å². The summed E-state index contributed by atoms with van der Waals surface area (Å²) in [5, 5.41) is 14.2. The van der Waals surface area contributed by atoms with E-state index in [0.29, 0.717) is 17.1 Å². The second-order valence-electron chi connectivity index (χ2n) is 7.23. The topological polar surface area (TPSA) is 114 Å². The Morgan fingerprint density at radius 2 is 1.67 bits per heavy atom. The molecule has 0 heterocycles. The molecule has 8 heteroatoms. The van der Waals surface area contributed by atoms with Gasteiger partial charge in [-0.25, -0.2) is 0 Å². The van der Waals surface area contributed by atoms with Crippen LogP contribution < -0.4 is 9.47 Å². The third-order valence-corrected chi connectivity index (χ3v) is 3.98. The van der Waals surface area contributed by atoms with Crippen LogP contribution in [0.4, 0.5) is 0 Å². The van der Waals surface area contributed by atoms with Gasteiger partial charge in [0.2, 0.25) is 0 Å². The first-order valence-electron chi connectivity index (χ1n) is 9.72. The summed E-state index contributed by atoms with van der Waals surface area (Å²) in [6, 6.07) is 12.5. The van der Waals surface area contributed by atoms with E-state index in [4.69, 9.17) is 19.7 Å². The Kier molecular flexibility index (Phi) is 8.53. The Labute approximate surface area is 176 Å². The minimum absolute atomic E-state index is 0.00667. The van der Waals surface area contributed by atoms with Gasteiger partial charge in [0.1, 0.15) is 6.61 Å². The van der Waals surface area contributed by atoms with E-state index in [-0.39, 0.29) is 18.8 Å². The zero-order chi connectivity index (χ0) is 22.1. The van der Waals surface area contributed by atoms with Crippen LogP contribution in [0.1, 0.15) is 44.9 Å². The molecule has 0 aliphatic carbocycles. The van der Waals surface area contributed by atoms with Crippen molar-refractivity contribution in [3.63, 3.8) is 0 Å². The number of ether oxygens (including phenoxy) is 3. The van der Waals surface area contributed by atoms with Gasteiger partial charge in [0.05, 0.1) is 18.3 Å². The molecule has 30 heavy (non-hydrogen) atoms. The number of aliphatic hydroxyl groups excluding tert-OH is 1. The highest BCUT2D eigenvalue weighted by Crippen LogP contribution is 2.33.